The summed E-state index contributed by atoms with van der Waals surface area (Å²) in [5, 5.41) is 7.99. The number of hydrogen-bond acceptors (Lipinski definition) is 2. The minimum atomic E-state index is 0.676. The molecule has 1 atom stereocenters. The third-order valence-electron chi connectivity index (χ3n) is 2.46. The number of rotatable bonds is 7. The largest absolute Gasteiger partial charge is 0.314 e. The first-order chi connectivity index (χ1) is 6.86. The average molecular weight is 211 g/mol. The van der Waals surface area contributed by atoms with Gasteiger partial charge in [-0.1, -0.05) is 26.7 Å². The smallest absolute Gasteiger partial charge is 0.0108 e. The first kappa shape index (κ1) is 11.7. The van der Waals surface area contributed by atoms with E-state index in [4.69, 9.17) is 0 Å². The van der Waals surface area contributed by atoms with Gasteiger partial charge >= 0.3 is 0 Å². The van der Waals surface area contributed by atoms with Gasteiger partial charge in [0.05, 0.1) is 0 Å². The molecule has 0 bridgehead atoms. The summed E-state index contributed by atoms with van der Waals surface area (Å²) in [6, 6.07) is 2.91. The van der Waals surface area contributed by atoms with E-state index in [1.54, 1.807) is 11.3 Å². The first-order valence-electron chi connectivity index (χ1n) is 5.61. The Bertz CT molecular complexity index is 218. The van der Waals surface area contributed by atoms with Crippen LogP contribution in [-0.2, 0) is 6.42 Å². The van der Waals surface area contributed by atoms with Crippen molar-refractivity contribution in [3.05, 3.63) is 22.4 Å². The van der Waals surface area contributed by atoms with Crippen molar-refractivity contribution >= 4 is 11.3 Å². The Labute approximate surface area is 91.5 Å². The van der Waals surface area contributed by atoms with E-state index < -0.39 is 0 Å². The highest BCUT2D eigenvalue weighted by Gasteiger charge is 2.07. The molecule has 0 aromatic carbocycles. The van der Waals surface area contributed by atoms with Gasteiger partial charge in [0.25, 0.3) is 0 Å². The van der Waals surface area contributed by atoms with Crippen molar-refractivity contribution in [2.24, 2.45) is 0 Å². The molecule has 80 valence electrons. The molecule has 1 rings (SSSR count). The Morgan fingerprint density at radius 2 is 2.29 bits per heavy atom. The van der Waals surface area contributed by atoms with E-state index in [9.17, 15) is 0 Å². The molecule has 0 saturated heterocycles. The SMILES string of the molecule is CCCCC(Cc1ccsc1)NCC. The number of thiophene rings is 1. The molecule has 1 heterocycles. The zero-order valence-electron chi connectivity index (χ0n) is 9.25. The highest BCUT2D eigenvalue weighted by molar-refractivity contribution is 7.07. The summed E-state index contributed by atoms with van der Waals surface area (Å²) >= 11 is 1.80. The number of hydrogen-bond donors (Lipinski definition) is 1. The second kappa shape index (κ2) is 7.02. The molecule has 2 heteroatoms. The first-order valence-corrected chi connectivity index (χ1v) is 6.55. The normalized spacial score (nSPS) is 13.0. The Balaban J connectivity index is 2.34. The van der Waals surface area contributed by atoms with Crippen molar-refractivity contribution in [1.82, 2.24) is 5.32 Å². The highest BCUT2D eigenvalue weighted by Crippen LogP contribution is 2.12. The van der Waals surface area contributed by atoms with E-state index in [1.165, 1.54) is 31.2 Å². The minimum absolute atomic E-state index is 0.676. The number of nitrogens with one attached hydrogen (secondary N) is 1. The van der Waals surface area contributed by atoms with Crippen LogP contribution in [0.15, 0.2) is 16.8 Å². The van der Waals surface area contributed by atoms with E-state index in [2.05, 4.69) is 36.0 Å². The van der Waals surface area contributed by atoms with Crippen molar-refractivity contribution in [1.29, 1.82) is 0 Å². The standard InChI is InChI=1S/C12H21NS/c1-3-5-6-12(13-4-2)9-11-7-8-14-10-11/h7-8,10,12-13H,3-6,9H2,1-2H3. The van der Waals surface area contributed by atoms with Crippen molar-refractivity contribution in [2.75, 3.05) is 6.54 Å². The van der Waals surface area contributed by atoms with Gasteiger partial charge in [0.2, 0.25) is 0 Å². The van der Waals surface area contributed by atoms with E-state index >= 15 is 0 Å². The number of likely N-dealkylation sites (N-methyl/N-ethyl adjacent to an activating group) is 1. The predicted molar refractivity (Wildman–Crippen MR) is 65.0 cm³/mol. The van der Waals surface area contributed by atoms with Crippen molar-refractivity contribution in [2.45, 2.75) is 45.6 Å². The molecule has 1 aromatic rings. The molecular weight excluding hydrogens is 190 g/mol. The van der Waals surface area contributed by atoms with Gasteiger partial charge < -0.3 is 5.32 Å². The van der Waals surface area contributed by atoms with Crippen LogP contribution in [0.2, 0.25) is 0 Å². The molecule has 0 aliphatic carbocycles. The van der Waals surface area contributed by atoms with Gasteiger partial charge in [-0.2, -0.15) is 11.3 Å². The molecule has 1 aromatic heterocycles. The lowest BCUT2D eigenvalue weighted by atomic mass is 10.0. The van der Waals surface area contributed by atoms with Crippen LogP contribution in [0.1, 0.15) is 38.7 Å². The van der Waals surface area contributed by atoms with Crippen LogP contribution in [0.25, 0.3) is 0 Å². The van der Waals surface area contributed by atoms with Crippen LogP contribution in [-0.4, -0.2) is 12.6 Å². The third kappa shape index (κ3) is 4.25. The van der Waals surface area contributed by atoms with Crippen molar-refractivity contribution in [3.63, 3.8) is 0 Å². The Kier molecular flexibility index (Phi) is 5.88. The maximum Gasteiger partial charge on any atom is 0.0108 e. The summed E-state index contributed by atoms with van der Waals surface area (Å²) in [5.41, 5.74) is 1.48. The van der Waals surface area contributed by atoms with Crippen LogP contribution in [0, 0.1) is 0 Å². The fourth-order valence-electron chi connectivity index (χ4n) is 1.71. The van der Waals surface area contributed by atoms with Crippen LogP contribution in [0.3, 0.4) is 0 Å². The minimum Gasteiger partial charge on any atom is -0.314 e. The summed E-state index contributed by atoms with van der Waals surface area (Å²) in [6.07, 6.45) is 5.13. The molecule has 1 N–H and O–H groups in total. The summed E-state index contributed by atoms with van der Waals surface area (Å²) in [4.78, 5) is 0. The molecule has 1 unspecified atom stereocenters. The predicted octanol–water partition coefficient (Wildman–Crippen LogP) is 3.46. The average Bonchev–Trinajstić information content (AvgIpc) is 2.67. The highest BCUT2D eigenvalue weighted by atomic mass is 32.1. The molecule has 1 nitrogen and oxygen atoms in total. The van der Waals surface area contributed by atoms with Gasteiger partial charge in [0.15, 0.2) is 0 Å². The fourth-order valence-corrected chi connectivity index (χ4v) is 2.39. The van der Waals surface area contributed by atoms with Gasteiger partial charge in [-0.3, -0.25) is 0 Å². The van der Waals surface area contributed by atoms with Crippen LogP contribution in [0.5, 0.6) is 0 Å². The second-order valence-corrected chi connectivity index (χ2v) is 4.51. The zero-order chi connectivity index (χ0) is 10.2. The third-order valence-corrected chi connectivity index (χ3v) is 3.19. The lowest BCUT2D eigenvalue weighted by Gasteiger charge is -2.16. The molecule has 0 aliphatic rings. The Morgan fingerprint density at radius 3 is 2.86 bits per heavy atom. The maximum absolute atomic E-state index is 3.56. The quantitative estimate of drug-likeness (QED) is 0.728. The molecule has 0 aliphatic heterocycles. The van der Waals surface area contributed by atoms with Crippen molar-refractivity contribution in [3.8, 4) is 0 Å². The molecule has 0 amide bonds. The van der Waals surface area contributed by atoms with E-state index in [0.29, 0.717) is 6.04 Å². The number of unbranched alkanes of at least 4 members (excludes halogenated alkanes) is 1. The van der Waals surface area contributed by atoms with Crippen LogP contribution < -0.4 is 5.32 Å². The van der Waals surface area contributed by atoms with Crippen LogP contribution >= 0.6 is 11.3 Å². The maximum atomic E-state index is 3.56. The van der Waals surface area contributed by atoms with Crippen LogP contribution in [0.4, 0.5) is 0 Å². The monoisotopic (exact) mass is 211 g/mol. The van der Waals surface area contributed by atoms with Gasteiger partial charge in [-0.15, -0.1) is 0 Å². The molecule has 14 heavy (non-hydrogen) atoms. The molecule has 0 spiro atoms. The molecule has 0 radical (unpaired) electrons. The lowest BCUT2D eigenvalue weighted by Crippen LogP contribution is -2.30. The summed E-state index contributed by atoms with van der Waals surface area (Å²) in [7, 11) is 0. The van der Waals surface area contributed by atoms with E-state index in [-0.39, 0.29) is 0 Å². The van der Waals surface area contributed by atoms with E-state index in [1.807, 2.05) is 0 Å². The Hall–Kier alpha value is -0.340. The van der Waals surface area contributed by atoms with Gasteiger partial charge in [0, 0.05) is 6.04 Å². The Morgan fingerprint density at radius 1 is 1.43 bits per heavy atom. The van der Waals surface area contributed by atoms with Gasteiger partial charge in [-0.25, -0.2) is 0 Å². The van der Waals surface area contributed by atoms with Gasteiger partial charge in [0.1, 0.15) is 0 Å². The summed E-state index contributed by atoms with van der Waals surface area (Å²) in [5.74, 6) is 0. The van der Waals surface area contributed by atoms with Gasteiger partial charge in [-0.05, 0) is 41.8 Å². The lowest BCUT2D eigenvalue weighted by molar-refractivity contribution is 0.474. The molecule has 0 fully saturated rings. The second-order valence-electron chi connectivity index (χ2n) is 3.73. The summed E-state index contributed by atoms with van der Waals surface area (Å²) in [6.45, 7) is 5.53. The zero-order valence-corrected chi connectivity index (χ0v) is 10.1. The molecule has 0 saturated carbocycles. The topological polar surface area (TPSA) is 12.0 Å². The summed E-state index contributed by atoms with van der Waals surface area (Å²) < 4.78 is 0. The van der Waals surface area contributed by atoms with E-state index in [0.717, 1.165) is 6.54 Å². The molecular formula is C12H21NS. The fraction of sp³-hybridized carbons (Fsp3) is 0.667. The van der Waals surface area contributed by atoms with Crippen molar-refractivity contribution < 1.29 is 0 Å².